The van der Waals surface area contributed by atoms with Gasteiger partial charge in [0, 0.05) is 12.8 Å². The molecule has 1 aromatic carbocycles. The Morgan fingerprint density at radius 2 is 2.00 bits per heavy atom. The summed E-state index contributed by atoms with van der Waals surface area (Å²) in [5.74, 6) is 0.311. The van der Waals surface area contributed by atoms with Gasteiger partial charge in [0.25, 0.3) is 0 Å². The molecule has 0 radical (unpaired) electrons. The molecule has 1 unspecified atom stereocenters. The maximum absolute atomic E-state index is 12.0. The minimum Gasteiger partial charge on any atom is -0.295 e. The van der Waals surface area contributed by atoms with Crippen molar-refractivity contribution in [3.8, 4) is 0 Å². The van der Waals surface area contributed by atoms with Crippen LogP contribution in [0.3, 0.4) is 0 Å². The summed E-state index contributed by atoms with van der Waals surface area (Å²) in [6.45, 7) is 8.58. The van der Waals surface area contributed by atoms with Crippen molar-refractivity contribution in [3.63, 3.8) is 0 Å². The van der Waals surface area contributed by atoms with Crippen LogP contribution in [0.25, 0.3) is 0 Å². The molecule has 1 aliphatic carbocycles. The lowest BCUT2D eigenvalue weighted by molar-refractivity contribution is -0.116. The summed E-state index contributed by atoms with van der Waals surface area (Å²) in [6, 6.07) is 8.40. The number of allylic oxidation sites excluding steroid dienone is 3. The summed E-state index contributed by atoms with van der Waals surface area (Å²) in [5, 5.41) is 1.24. The van der Waals surface area contributed by atoms with Crippen molar-refractivity contribution in [1.29, 1.82) is 0 Å². The van der Waals surface area contributed by atoms with Crippen LogP contribution in [-0.4, -0.2) is 5.78 Å². The second kappa shape index (κ2) is 8.95. The number of benzene rings is 1. The number of halogens is 1. The van der Waals surface area contributed by atoms with Gasteiger partial charge in [-0.1, -0.05) is 43.7 Å². The summed E-state index contributed by atoms with van der Waals surface area (Å²) < 4.78 is 0. The number of carbonyl (C=O) groups is 1. The Morgan fingerprint density at radius 3 is 2.67 bits per heavy atom. The molecule has 0 spiro atoms. The Morgan fingerprint density at radius 1 is 1.33 bits per heavy atom. The van der Waals surface area contributed by atoms with E-state index in [1.54, 1.807) is 0 Å². The summed E-state index contributed by atoms with van der Waals surface area (Å²) in [4.78, 5) is 12.0. The highest BCUT2D eigenvalue weighted by atomic mass is 79.9. The molecule has 130 valence electrons. The van der Waals surface area contributed by atoms with Crippen LogP contribution in [0.5, 0.6) is 0 Å². The smallest absolute Gasteiger partial charge is 0.158 e. The normalized spacial score (nSPS) is 16.3. The first-order chi connectivity index (χ1) is 10.8. The predicted octanol–water partition coefficient (Wildman–Crippen LogP) is 5.50. The largest absolute Gasteiger partial charge is 0.295 e. The van der Waals surface area contributed by atoms with E-state index in [4.69, 9.17) is 0 Å². The molecule has 0 fully saturated rings. The number of hydrogen-bond donors (Lipinski definition) is 0. The molecule has 0 N–H and O–H groups in total. The van der Waals surface area contributed by atoms with E-state index in [0.29, 0.717) is 12.2 Å². The molecule has 3 heteroatoms. The monoisotopic (exact) mass is 406 g/mol. The minimum absolute atomic E-state index is 0. The molecular formula is C21H28BrOP. The molecule has 0 heterocycles. The van der Waals surface area contributed by atoms with E-state index in [2.05, 4.69) is 66.1 Å². The van der Waals surface area contributed by atoms with Crippen molar-refractivity contribution >= 4 is 37.3 Å². The molecule has 1 aliphatic rings. The fraction of sp³-hybridized carbons (Fsp3) is 0.429. The standard InChI is InChI=1S/C21H27OP.BrH/c1-15(14-17-9-5-6-11-20(17)23)8-7-10-18-16(2)19(22)12-13-21(18,3)4;/h5-7,9,11H,10,12-14,23H2,1-4H3;1H. The van der Waals surface area contributed by atoms with Crippen LogP contribution in [0.2, 0.25) is 0 Å². The Bertz CT molecular complexity index is 706. The van der Waals surface area contributed by atoms with Crippen LogP contribution < -0.4 is 5.30 Å². The molecule has 24 heavy (non-hydrogen) atoms. The van der Waals surface area contributed by atoms with Gasteiger partial charge in [-0.25, -0.2) is 0 Å². The van der Waals surface area contributed by atoms with Crippen molar-refractivity contribution in [2.45, 2.75) is 53.4 Å². The van der Waals surface area contributed by atoms with Crippen LogP contribution in [-0.2, 0) is 11.2 Å². The van der Waals surface area contributed by atoms with Gasteiger partial charge in [-0.3, -0.25) is 4.79 Å². The molecule has 0 saturated heterocycles. The predicted molar refractivity (Wildman–Crippen MR) is 112 cm³/mol. The molecule has 0 amide bonds. The van der Waals surface area contributed by atoms with Crippen LogP contribution in [0.1, 0.15) is 52.5 Å². The zero-order chi connectivity index (χ0) is 17.0. The van der Waals surface area contributed by atoms with Gasteiger partial charge in [0.15, 0.2) is 5.78 Å². The lowest BCUT2D eigenvalue weighted by Gasteiger charge is -2.33. The highest BCUT2D eigenvalue weighted by Crippen LogP contribution is 2.40. The molecule has 0 aliphatic heterocycles. The maximum atomic E-state index is 12.0. The van der Waals surface area contributed by atoms with E-state index < -0.39 is 0 Å². The van der Waals surface area contributed by atoms with Crippen molar-refractivity contribution in [1.82, 2.24) is 0 Å². The average Bonchev–Trinajstić information content (AvgIpc) is 2.49. The molecule has 0 saturated carbocycles. The van der Waals surface area contributed by atoms with Gasteiger partial charge in [0.2, 0.25) is 0 Å². The Balaban J connectivity index is 0.00000288. The van der Waals surface area contributed by atoms with Crippen LogP contribution in [0.4, 0.5) is 0 Å². The van der Waals surface area contributed by atoms with Gasteiger partial charge in [-0.15, -0.1) is 32.0 Å². The number of carbonyl (C=O) groups excluding carboxylic acids is 1. The summed E-state index contributed by atoms with van der Waals surface area (Å²) in [7, 11) is 2.79. The Kier molecular flexibility index (Phi) is 7.87. The van der Waals surface area contributed by atoms with E-state index in [-0.39, 0.29) is 22.4 Å². The highest BCUT2D eigenvalue weighted by molar-refractivity contribution is 8.93. The van der Waals surface area contributed by atoms with Gasteiger partial charge in [0.05, 0.1) is 0 Å². The number of ketones is 1. The topological polar surface area (TPSA) is 17.1 Å². The van der Waals surface area contributed by atoms with Crippen molar-refractivity contribution in [2.75, 3.05) is 0 Å². The number of Topliss-reactive ketones (excluding diaryl/α,β-unsaturated/α-hetero) is 1. The zero-order valence-electron chi connectivity index (χ0n) is 15.1. The van der Waals surface area contributed by atoms with E-state index >= 15 is 0 Å². The second-order valence-electron chi connectivity index (χ2n) is 7.12. The number of rotatable bonds is 4. The van der Waals surface area contributed by atoms with Crippen molar-refractivity contribution in [3.05, 3.63) is 58.4 Å². The highest BCUT2D eigenvalue weighted by Gasteiger charge is 2.31. The SMILES string of the molecule is Br.CC(=C=CCC1=C(C)C(=O)CCC1(C)C)Cc1ccccc1P. The van der Waals surface area contributed by atoms with Crippen molar-refractivity contribution in [2.24, 2.45) is 5.41 Å². The summed E-state index contributed by atoms with van der Waals surface area (Å²) in [6.07, 6.45) is 5.47. The average molecular weight is 407 g/mol. The lowest BCUT2D eigenvalue weighted by Crippen LogP contribution is -2.25. The van der Waals surface area contributed by atoms with E-state index in [1.165, 1.54) is 22.0 Å². The minimum atomic E-state index is 0. The van der Waals surface area contributed by atoms with E-state index in [1.807, 2.05) is 6.92 Å². The quantitative estimate of drug-likeness (QED) is 0.476. The van der Waals surface area contributed by atoms with Crippen LogP contribution in [0.15, 0.2) is 52.8 Å². The molecule has 2 rings (SSSR count). The first-order valence-corrected chi connectivity index (χ1v) is 8.86. The molecule has 1 aromatic rings. The third-order valence-electron chi connectivity index (χ3n) is 4.83. The van der Waals surface area contributed by atoms with Gasteiger partial charge >= 0.3 is 0 Å². The molecule has 0 aromatic heterocycles. The fourth-order valence-corrected chi connectivity index (χ4v) is 3.54. The first kappa shape index (κ1) is 21.1. The number of hydrogen-bond acceptors (Lipinski definition) is 1. The summed E-state index contributed by atoms with van der Waals surface area (Å²) >= 11 is 0. The third-order valence-corrected chi connectivity index (χ3v) is 5.39. The second-order valence-corrected chi connectivity index (χ2v) is 7.74. The summed E-state index contributed by atoms with van der Waals surface area (Å²) in [5.41, 5.74) is 8.32. The van der Waals surface area contributed by atoms with E-state index in [0.717, 1.165) is 24.8 Å². The van der Waals surface area contributed by atoms with Gasteiger partial charge in [0.1, 0.15) is 0 Å². The Hall–Kier alpha value is -0.940. The zero-order valence-corrected chi connectivity index (χ0v) is 18.0. The molecule has 0 bridgehead atoms. The Labute approximate surface area is 159 Å². The first-order valence-electron chi connectivity index (χ1n) is 8.28. The molecule has 1 nitrogen and oxygen atoms in total. The fourth-order valence-electron chi connectivity index (χ4n) is 3.23. The maximum Gasteiger partial charge on any atom is 0.158 e. The lowest BCUT2D eigenvalue weighted by atomic mass is 9.71. The van der Waals surface area contributed by atoms with Gasteiger partial charge < -0.3 is 0 Å². The third kappa shape index (κ3) is 5.28. The van der Waals surface area contributed by atoms with E-state index in [9.17, 15) is 4.79 Å². The van der Waals surface area contributed by atoms with Gasteiger partial charge in [-0.2, -0.15) is 0 Å². The molecule has 1 atom stereocenters. The van der Waals surface area contributed by atoms with Crippen molar-refractivity contribution < 1.29 is 4.79 Å². The van der Waals surface area contributed by atoms with Crippen LogP contribution >= 0.6 is 26.2 Å². The van der Waals surface area contributed by atoms with Gasteiger partial charge in [-0.05, 0) is 60.2 Å². The molecular weight excluding hydrogens is 379 g/mol. The van der Waals surface area contributed by atoms with Crippen LogP contribution in [0, 0.1) is 5.41 Å².